The molecule has 0 unspecified atom stereocenters. The van der Waals surface area contributed by atoms with Crippen LogP contribution in [0.4, 0.5) is 0 Å². The molecule has 6 nitrogen and oxygen atoms in total. The first-order valence-electron chi connectivity index (χ1n) is 26.0. The summed E-state index contributed by atoms with van der Waals surface area (Å²) in [5.74, 6) is 4.94. The summed E-state index contributed by atoms with van der Waals surface area (Å²) in [5, 5.41) is 2.42. The van der Waals surface area contributed by atoms with Crippen LogP contribution in [0.25, 0.3) is 94.8 Å². The van der Waals surface area contributed by atoms with Gasteiger partial charge in [0.1, 0.15) is 0 Å². The maximum atomic E-state index is 6.85. The number of fused-ring (bicyclic) bond motifs is 16. The van der Waals surface area contributed by atoms with E-state index in [1.165, 1.54) is 60.8 Å². The lowest BCUT2D eigenvalue weighted by atomic mass is 9.70. The van der Waals surface area contributed by atoms with Crippen LogP contribution in [0.5, 0.6) is 23.0 Å². The quantitative estimate of drug-likeness (QED) is 0.166. The van der Waals surface area contributed by atoms with E-state index in [0.29, 0.717) is 17.5 Å². The Morgan fingerprint density at radius 2 is 0.987 bits per heavy atom. The average Bonchev–Trinajstić information content (AvgIpc) is 4.12. The van der Waals surface area contributed by atoms with Crippen molar-refractivity contribution < 1.29 is 9.47 Å². The van der Waals surface area contributed by atoms with Crippen molar-refractivity contribution in [3.8, 4) is 84.8 Å². The Morgan fingerprint density at radius 1 is 0.395 bits per heavy atom. The second-order valence-electron chi connectivity index (χ2n) is 20.1. The van der Waals surface area contributed by atoms with Gasteiger partial charge in [0, 0.05) is 38.7 Å². The van der Waals surface area contributed by atoms with E-state index in [2.05, 4.69) is 187 Å². The van der Waals surface area contributed by atoms with Crippen LogP contribution in [0.3, 0.4) is 0 Å². The molecule has 6 heteroatoms. The third kappa shape index (κ3) is 6.31. The molecule has 2 aromatic heterocycles. The molecule has 76 heavy (non-hydrogen) atoms. The minimum absolute atomic E-state index is 0.564. The lowest BCUT2D eigenvalue weighted by Crippen LogP contribution is -2.26. The van der Waals surface area contributed by atoms with Crippen molar-refractivity contribution in [3.05, 3.63) is 276 Å². The average molecular weight is 973 g/mol. The summed E-state index contributed by atoms with van der Waals surface area (Å²) < 4.78 is 15.8. The Balaban J connectivity index is 0.785. The molecule has 0 radical (unpaired) electrons. The fraction of sp³-hybridized carbons (Fsp3) is 0.0429. The molecule has 356 valence electrons. The van der Waals surface area contributed by atoms with Gasteiger partial charge in [-0.1, -0.05) is 182 Å². The fourth-order valence-corrected chi connectivity index (χ4v) is 12.7. The summed E-state index contributed by atoms with van der Waals surface area (Å²) in [6.07, 6.45) is 6.34. The molecule has 0 bridgehead atoms. The molecule has 0 saturated heterocycles. The molecule has 1 spiro atoms. The van der Waals surface area contributed by atoms with E-state index in [1.54, 1.807) is 0 Å². The Morgan fingerprint density at radius 3 is 1.72 bits per heavy atom. The number of rotatable bonds is 6. The molecule has 0 N–H and O–H groups in total. The summed E-state index contributed by atoms with van der Waals surface area (Å²) in [7, 11) is 0. The van der Waals surface area contributed by atoms with Crippen LogP contribution in [0.1, 0.15) is 46.5 Å². The normalized spacial score (nSPS) is 14.2. The number of nitrogens with zero attached hydrogens (tertiary/aromatic N) is 4. The first-order valence-corrected chi connectivity index (χ1v) is 26.0. The minimum atomic E-state index is -0.564. The first kappa shape index (κ1) is 42.6. The number of aromatic nitrogens is 4. The van der Waals surface area contributed by atoms with Gasteiger partial charge in [-0.15, -0.1) is 0 Å². The highest BCUT2D eigenvalue weighted by Crippen LogP contribution is 2.66. The highest BCUT2D eigenvalue weighted by Gasteiger charge is 2.53. The molecule has 0 fully saturated rings. The molecule has 12 aromatic rings. The van der Waals surface area contributed by atoms with E-state index in [1.807, 2.05) is 60.7 Å². The maximum absolute atomic E-state index is 6.85. The molecule has 0 atom stereocenters. The van der Waals surface area contributed by atoms with Crippen molar-refractivity contribution in [2.75, 3.05) is 0 Å². The number of hydrogen-bond donors (Lipinski definition) is 0. The van der Waals surface area contributed by atoms with Gasteiger partial charge in [-0.05, 0) is 135 Å². The van der Waals surface area contributed by atoms with Gasteiger partial charge in [0.25, 0.3) is 0 Å². The minimum Gasteiger partial charge on any atom is -0.449 e. The van der Waals surface area contributed by atoms with Crippen LogP contribution >= 0.6 is 0 Å². The van der Waals surface area contributed by atoms with Crippen LogP contribution in [-0.4, -0.2) is 19.5 Å². The molecule has 3 heterocycles. The van der Waals surface area contributed by atoms with Crippen LogP contribution < -0.4 is 9.47 Å². The zero-order valence-corrected chi connectivity index (χ0v) is 41.1. The van der Waals surface area contributed by atoms with Crippen molar-refractivity contribution in [1.29, 1.82) is 0 Å². The Labute approximate surface area is 439 Å². The monoisotopic (exact) mass is 972 g/mol. The van der Waals surface area contributed by atoms with E-state index in [4.69, 9.17) is 24.4 Å². The largest absolute Gasteiger partial charge is 0.449 e. The summed E-state index contributed by atoms with van der Waals surface area (Å²) >= 11 is 0. The second-order valence-corrected chi connectivity index (χ2v) is 20.1. The summed E-state index contributed by atoms with van der Waals surface area (Å²) in [4.78, 5) is 15.0. The van der Waals surface area contributed by atoms with Crippen LogP contribution in [0, 0.1) is 0 Å². The van der Waals surface area contributed by atoms with Gasteiger partial charge in [-0.2, -0.15) is 0 Å². The number of allylic oxidation sites excluding steroid dienone is 4. The standard InChI is InChI=1S/C70H44N4O2/c1-3-16-44(17-4-1)67-71-68(45-18-5-2-6-19-45)73-69(72-67)49-21-15-20-46(40-49)43-30-34-50(35-31-43)74-60-27-12-9-24-53(60)55-41-47(33-38-61(55)74)48-32-36-54-59(42-48)70(56-25-10-7-22-51(56)52-23-8-11-26-57(52)70)58-37-39-64-66(65(54)58)76-63-29-14-13-28-62(63)75-64/h1-14,16-19,21-42H,15,20H2. The number of para-hydroxylation sites is 3. The summed E-state index contributed by atoms with van der Waals surface area (Å²) in [6, 6.07) is 82.4. The summed E-state index contributed by atoms with van der Waals surface area (Å²) in [5.41, 5.74) is 20.3. The Bertz CT molecular complexity index is 4350. The smallest absolute Gasteiger partial charge is 0.178 e. The molecule has 0 amide bonds. The lowest BCUT2D eigenvalue weighted by Gasteiger charge is -2.31. The van der Waals surface area contributed by atoms with Crippen molar-refractivity contribution >= 4 is 33.0 Å². The number of hydrogen-bond acceptors (Lipinski definition) is 5. The van der Waals surface area contributed by atoms with Gasteiger partial charge < -0.3 is 14.0 Å². The molecular formula is C70H44N4O2. The zero-order valence-electron chi connectivity index (χ0n) is 41.1. The van der Waals surface area contributed by atoms with Crippen molar-refractivity contribution in [1.82, 2.24) is 19.5 Å². The van der Waals surface area contributed by atoms with Gasteiger partial charge in [0.15, 0.2) is 40.5 Å². The number of ether oxygens (including phenoxy) is 2. The van der Waals surface area contributed by atoms with Gasteiger partial charge in [0.2, 0.25) is 0 Å². The van der Waals surface area contributed by atoms with E-state index in [9.17, 15) is 0 Å². The van der Waals surface area contributed by atoms with Crippen molar-refractivity contribution in [3.63, 3.8) is 0 Å². The Kier molecular flexibility index (Phi) is 9.27. The predicted molar refractivity (Wildman–Crippen MR) is 305 cm³/mol. The first-order chi connectivity index (χ1) is 37.7. The number of benzene rings is 10. The third-order valence-corrected chi connectivity index (χ3v) is 16.0. The predicted octanol–water partition coefficient (Wildman–Crippen LogP) is 17.5. The topological polar surface area (TPSA) is 62.1 Å². The van der Waals surface area contributed by atoms with Crippen LogP contribution in [0.15, 0.2) is 243 Å². The summed E-state index contributed by atoms with van der Waals surface area (Å²) in [6.45, 7) is 0. The van der Waals surface area contributed by atoms with Crippen LogP contribution in [-0.2, 0) is 5.41 Å². The van der Waals surface area contributed by atoms with E-state index in [0.717, 1.165) is 86.0 Å². The van der Waals surface area contributed by atoms with Crippen molar-refractivity contribution in [2.24, 2.45) is 0 Å². The van der Waals surface area contributed by atoms with Gasteiger partial charge in [-0.3, -0.25) is 0 Å². The molecule has 10 aromatic carbocycles. The highest BCUT2D eigenvalue weighted by atomic mass is 16.6. The van der Waals surface area contributed by atoms with E-state index in [-0.39, 0.29) is 0 Å². The fourth-order valence-electron chi connectivity index (χ4n) is 12.7. The van der Waals surface area contributed by atoms with Crippen LogP contribution in [0.2, 0.25) is 0 Å². The maximum Gasteiger partial charge on any atom is 0.178 e. The molecule has 4 aliphatic rings. The van der Waals surface area contributed by atoms with Gasteiger partial charge in [-0.25, -0.2) is 15.0 Å². The Hall–Kier alpha value is -9.91. The zero-order chi connectivity index (χ0) is 49.9. The van der Waals surface area contributed by atoms with E-state index >= 15 is 0 Å². The molecule has 1 aliphatic heterocycles. The van der Waals surface area contributed by atoms with Crippen molar-refractivity contribution in [2.45, 2.75) is 18.3 Å². The SMILES string of the molecule is C1=C(c2ccc(-n3c4ccccc4c4cc(-c5ccc6c(c5)C5(c7ccccc7-c7ccccc75)c5ccc7c(c5-6)Oc5ccccc5O7)ccc43)cc2)CCC=C1c1nc(-c2ccccc2)nc(-c2ccccc2)n1. The third-order valence-electron chi connectivity index (χ3n) is 16.0. The van der Waals surface area contributed by atoms with Gasteiger partial charge >= 0.3 is 0 Å². The molecule has 16 rings (SSSR count). The second kappa shape index (κ2) is 16.6. The van der Waals surface area contributed by atoms with E-state index < -0.39 is 5.41 Å². The molecular weight excluding hydrogens is 929 g/mol. The molecule has 3 aliphatic carbocycles. The van der Waals surface area contributed by atoms with Gasteiger partial charge in [0.05, 0.1) is 16.4 Å². The highest BCUT2D eigenvalue weighted by molar-refractivity contribution is 6.11. The molecule has 0 saturated carbocycles. The lowest BCUT2D eigenvalue weighted by molar-refractivity contribution is 0.360.